The first-order valence-corrected chi connectivity index (χ1v) is 9.14. The molecule has 140 valence electrons. The average molecular weight is 356 g/mol. The quantitative estimate of drug-likeness (QED) is 0.513. The minimum Gasteiger partial charge on any atom is -0.474 e. The molecule has 2 unspecified atom stereocenters. The number of aliphatic hydroxyl groups is 1. The van der Waals surface area contributed by atoms with Gasteiger partial charge >= 0.3 is 5.97 Å². The van der Waals surface area contributed by atoms with E-state index in [2.05, 4.69) is 6.92 Å². The van der Waals surface area contributed by atoms with Crippen molar-refractivity contribution in [3.05, 3.63) is 65.2 Å². The average Bonchev–Trinajstić information content (AvgIpc) is 2.66. The molecule has 4 heteroatoms. The van der Waals surface area contributed by atoms with Gasteiger partial charge < -0.3 is 14.6 Å². The van der Waals surface area contributed by atoms with E-state index in [0.717, 1.165) is 42.4 Å². The van der Waals surface area contributed by atoms with E-state index < -0.39 is 18.2 Å². The van der Waals surface area contributed by atoms with Gasteiger partial charge in [-0.1, -0.05) is 68.1 Å². The van der Waals surface area contributed by atoms with E-state index in [0.29, 0.717) is 5.75 Å². The van der Waals surface area contributed by atoms with Crippen molar-refractivity contribution >= 4 is 5.97 Å². The van der Waals surface area contributed by atoms with Crippen LogP contribution in [0.25, 0.3) is 0 Å². The van der Waals surface area contributed by atoms with Gasteiger partial charge in [0.05, 0.1) is 13.2 Å². The number of ether oxygens (including phenoxy) is 2. The van der Waals surface area contributed by atoms with Crippen molar-refractivity contribution in [1.29, 1.82) is 0 Å². The molecule has 0 aliphatic heterocycles. The van der Waals surface area contributed by atoms with Gasteiger partial charge in [-0.05, 0) is 31.0 Å². The molecule has 0 radical (unpaired) electrons. The molecule has 4 nitrogen and oxygen atoms in total. The maximum absolute atomic E-state index is 12.2. The number of carbonyl (C=O) groups excluding carboxylic acids is 1. The maximum atomic E-state index is 12.2. The number of methoxy groups -OCH3 is 1. The van der Waals surface area contributed by atoms with Gasteiger partial charge in [0.25, 0.3) is 0 Å². The topological polar surface area (TPSA) is 55.8 Å². The predicted molar refractivity (Wildman–Crippen MR) is 102 cm³/mol. The number of hydrogen-bond donors (Lipinski definition) is 1. The van der Waals surface area contributed by atoms with Crippen LogP contribution in [0.4, 0.5) is 0 Å². The van der Waals surface area contributed by atoms with Crippen LogP contribution in [-0.4, -0.2) is 18.2 Å². The summed E-state index contributed by atoms with van der Waals surface area (Å²) in [5.41, 5.74) is 2.58. The highest BCUT2D eigenvalue weighted by Gasteiger charge is 2.24. The molecule has 2 rings (SSSR count). The van der Waals surface area contributed by atoms with Crippen molar-refractivity contribution in [1.82, 2.24) is 0 Å². The molecule has 0 bridgehead atoms. The molecular formula is C22H28O4. The van der Waals surface area contributed by atoms with Gasteiger partial charge in [-0.3, -0.25) is 0 Å². The van der Waals surface area contributed by atoms with Crippen LogP contribution in [0.2, 0.25) is 0 Å². The van der Waals surface area contributed by atoms with Crippen molar-refractivity contribution in [2.75, 3.05) is 7.11 Å². The molecular weight excluding hydrogens is 328 g/mol. The molecule has 0 aliphatic carbocycles. The van der Waals surface area contributed by atoms with Crippen LogP contribution < -0.4 is 4.74 Å². The van der Waals surface area contributed by atoms with Crippen LogP contribution >= 0.6 is 0 Å². The van der Waals surface area contributed by atoms with E-state index in [1.165, 1.54) is 7.11 Å². The number of rotatable bonds is 9. The van der Waals surface area contributed by atoms with Crippen LogP contribution in [0.5, 0.6) is 5.75 Å². The minimum absolute atomic E-state index is 0.454. The number of esters is 1. The van der Waals surface area contributed by atoms with Crippen molar-refractivity contribution < 1.29 is 19.4 Å². The second kappa shape index (κ2) is 9.97. The highest BCUT2D eigenvalue weighted by atomic mass is 16.6. The normalized spacial score (nSPS) is 13.1. The van der Waals surface area contributed by atoms with Gasteiger partial charge in [-0.2, -0.15) is 0 Å². The first kappa shape index (κ1) is 20.0. The zero-order valence-corrected chi connectivity index (χ0v) is 15.8. The smallest absolute Gasteiger partial charge is 0.351 e. The zero-order chi connectivity index (χ0) is 18.9. The number of hydrogen-bond acceptors (Lipinski definition) is 4. The second-order valence-electron chi connectivity index (χ2n) is 6.52. The van der Waals surface area contributed by atoms with Gasteiger partial charge in [0, 0.05) is 5.56 Å². The van der Waals surface area contributed by atoms with E-state index in [-0.39, 0.29) is 0 Å². The third-order valence-corrected chi connectivity index (χ3v) is 4.34. The first-order valence-electron chi connectivity index (χ1n) is 9.14. The third-order valence-electron chi connectivity index (χ3n) is 4.34. The summed E-state index contributed by atoms with van der Waals surface area (Å²) in [6, 6.07) is 14.9. The standard InChI is InChI=1S/C22H28O4/c1-4-5-6-13-20(23)17-10-8-12-19(15-17)26-21(22(24)25-3)18-11-7-9-16(2)14-18/h7-12,14-15,20-21,23H,4-6,13H2,1-3H3. The van der Waals surface area contributed by atoms with E-state index in [1.807, 2.05) is 43.3 Å². The Morgan fingerprint density at radius 1 is 1.08 bits per heavy atom. The molecule has 2 aromatic rings. The Labute approximate surface area is 155 Å². The Bertz CT molecular complexity index is 711. The molecule has 0 saturated heterocycles. The summed E-state index contributed by atoms with van der Waals surface area (Å²) in [5.74, 6) is 0.0819. The number of unbranched alkanes of at least 4 members (excludes halogenated alkanes) is 2. The molecule has 0 heterocycles. The Hall–Kier alpha value is -2.33. The molecule has 2 aromatic carbocycles. The van der Waals surface area contributed by atoms with Crippen molar-refractivity contribution in [3.8, 4) is 5.75 Å². The Morgan fingerprint density at radius 3 is 2.50 bits per heavy atom. The Balaban J connectivity index is 2.18. The van der Waals surface area contributed by atoms with Gasteiger partial charge in [0.1, 0.15) is 5.75 Å². The number of aryl methyl sites for hydroxylation is 1. The lowest BCUT2D eigenvalue weighted by molar-refractivity contribution is -0.149. The van der Waals surface area contributed by atoms with Crippen LogP contribution in [0.15, 0.2) is 48.5 Å². The summed E-state index contributed by atoms with van der Waals surface area (Å²) in [5, 5.41) is 10.4. The summed E-state index contributed by atoms with van der Waals surface area (Å²) in [6.45, 7) is 4.10. The van der Waals surface area contributed by atoms with E-state index >= 15 is 0 Å². The molecule has 2 atom stereocenters. The fourth-order valence-electron chi connectivity index (χ4n) is 2.88. The fraction of sp³-hybridized carbons (Fsp3) is 0.409. The van der Waals surface area contributed by atoms with Gasteiger partial charge in [-0.25, -0.2) is 4.79 Å². The van der Waals surface area contributed by atoms with Crippen molar-refractivity contribution in [3.63, 3.8) is 0 Å². The lowest BCUT2D eigenvalue weighted by atomic mass is 10.0. The largest absolute Gasteiger partial charge is 0.474 e. The fourth-order valence-corrected chi connectivity index (χ4v) is 2.88. The van der Waals surface area contributed by atoms with Gasteiger partial charge in [0.2, 0.25) is 6.10 Å². The van der Waals surface area contributed by atoms with Crippen molar-refractivity contribution in [2.45, 2.75) is 51.7 Å². The van der Waals surface area contributed by atoms with Gasteiger partial charge in [0.15, 0.2) is 0 Å². The molecule has 0 saturated carbocycles. The second-order valence-corrected chi connectivity index (χ2v) is 6.52. The zero-order valence-electron chi connectivity index (χ0n) is 15.8. The highest BCUT2D eigenvalue weighted by Crippen LogP contribution is 2.28. The lowest BCUT2D eigenvalue weighted by Gasteiger charge is -2.19. The summed E-state index contributed by atoms with van der Waals surface area (Å²) < 4.78 is 10.8. The number of aliphatic hydroxyl groups excluding tert-OH is 1. The Morgan fingerprint density at radius 2 is 1.81 bits per heavy atom. The molecule has 1 N–H and O–H groups in total. The summed E-state index contributed by atoms with van der Waals surface area (Å²) in [4.78, 5) is 12.2. The van der Waals surface area contributed by atoms with Crippen LogP contribution in [0, 0.1) is 6.92 Å². The lowest BCUT2D eigenvalue weighted by Crippen LogP contribution is -2.20. The minimum atomic E-state index is -0.840. The maximum Gasteiger partial charge on any atom is 0.351 e. The van der Waals surface area contributed by atoms with E-state index in [4.69, 9.17) is 9.47 Å². The molecule has 0 aromatic heterocycles. The van der Waals surface area contributed by atoms with Crippen molar-refractivity contribution in [2.24, 2.45) is 0 Å². The van der Waals surface area contributed by atoms with E-state index in [9.17, 15) is 9.90 Å². The third kappa shape index (κ3) is 5.60. The first-order chi connectivity index (χ1) is 12.5. The Kier molecular flexibility index (Phi) is 7.67. The number of carbonyl (C=O) groups is 1. The molecule has 0 amide bonds. The molecule has 0 spiro atoms. The monoisotopic (exact) mass is 356 g/mol. The van der Waals surface area contributed by atoms with Crippen LogP contribution in [-0.2, 0) is 9.53 Å². The molecule has 0 aliphatic rings. The van der Waals surface area contributed by atoms with Crippen LogP contribution in [0.1, 0.15) is 61.5 Å². The summed E-state index contributed by atoms with van der Waals surface area (Å²) in [6.07, 6.45) is 2.55. The molecule has 26 heavy (non-hydrogen) atoms. The van der Waals surface area contributed by atoms with Crippen LogP contribution in [0.3, 0.4) is 0 Å². The van der Waals surface area contributed by atoms with Gasteiger partial charge in [-0.15, -0.1) is 0 Å². The predicted octanol–water partition coefficient (Wildman–Crippen LogP) is 4.90. The number of benzene rings is 2. The SMILES string of the molecule is CCCCCC(O)c1cccc(OC(C(=O)OC)c2cccc(C)c2)c1. The summed E-state index contributed by atoms with van der Waals surface area (Å²) in [7, 11) is 1.35. The molecule has 0 fully saturated rings. The summed E-state index contributed by atoms with van der Waals surface area (Å²) >= 11 is 0. The van der Waals surface area contributed by atoms with E-state index in [1.54, 1.807) is 12.1 Å². The highest BCUT2D eigenvalue weighted by molar-refractivity contribution is 5.77.